The maximum absolute atomic E-state index is 5.41. The fourth-order valence-corrected chi connectivity index (χ4v) is 4.40. The van der Waals surface area contributed by atoms with Gasteiger partial charge in [0.25, 0.3) is 0 Å². The summed E-state index contributed by atoms with van der Waals surface area (Å²) in [5, 5.41) is 0. The first-order valence-corrected chi connectivity index (χ1v) is 10.1. The Morgan fingerprint density at radius 2 is 1.42 bits per heavy atom. The van der Waals surface area contributed by atoms with Crippen LogP contribution in [0.4, 0.5) is 0 Å². The Morgan fingerprint density at radius 1 is 0.808 bits per heavy atom. The number of benzene rings is 2. The minimum atomic E-state index is 0.403. The topological polar surface area (TPSA) is 9.23 Å². The van der Waals surface area contributed by atoms with Gasteiger partial charge in [0.2, 0.25) is 0 Å². The lowest BCUT2D eigenvalue weighted by molar-refractivity contribution is 0.134. The van der Waals surface area contributed by atoms with E-state index in [1.165, 1.54) is 29.5 Å². The molecule has 1 heterocycles. The summed E-state index contributed by atoms with van der Waals surface area (Å²) in [5.74, 6) is 1.28. The molecule has 1 nitrogen and oxygen atoms in total. The monoisotopic (exact) mass is 350 g/mol. The number of hydrogen-bond donors (Lipinski definition) is 0. The van der Waals surface area contributed by atoms with Crippen LogP contribution in [0.25, 0.3) is 0 Å². The van der Waals surface area contributed by atoms with Crippen molar-refractivity contribution in [2.75, 3.05) is 0 Å². The lowest BCUT2D eigenvalue weighted by Gasteiger charge is -2.20. The summed E-state index contributed by atoms with van der Waals surface area (Å²) in [5.41, 5.74) is 9.43. The molecule has 0 saturated heterocycles. The zero-order chi connectivity index (χ0) is 18.9. The Kier molecular flexibility index (Phi) is 5.58. The third-order valence-corrected chi connectivity index (χ3v) is 6.00. The molecule has 0 atom stereocenters. The molecular formula is C25H34O. The molecule has 0 bridgehead atoms. The summed E-state index contributed by atoms with van der Waals surface area (Å²) in [7, 11) is 0. The normalized spacial score (nSPS) is 17.1. The summed E-state index contributed by atoms with van der Waals surface area (Å²) >= 11 is 0. The summed E-state index contributed by atoms with van der Waals surface area (Å²) < 4.78 is 5.41. The molecule has 2 aliphatic rings. The maximum atomic E-state index is 5.41. The molecule has 0 aromatic heterocycles. The first-order valence-electron chi connectivity index (χ1n) is 10.1. The Bertz CT molecular complexity index is 768. The maximum Gasteiger partial charge on any atom is 0.0727 e. The van der Waals surface area contributed by atoms with Crippen molar-refractivity contribution < 1.29 is 4.74 Å². The Balaban J connectivity index is 0.000000152. The Labute approximate surface area is 159 Å². The van der Waals surface area contributed by atoms with Crippen molar-refractivity contribution in [2.45, 2.75) is 84.8 Å². The predicted molar refractivity (Wildman–Crippen MR) is 111 cm³/mol. The first-order chi connectivity index (χ1) is 12.3. The van der Waals surface area contributed by atoms with Crippen molar-refractivity contribution >= 4 is 0 Å². The molecule has 1 heteroatoms. The molecular weight excluding hydrogens is 316 g/mol. The van der Waals surface area contributed by atoms with Crippen molar-refractivity contribution in [3.63, 3.8) is 0 Å². The molecule has 0 spiro atoms. The van der Waals surface area contributed by atoms with E-state index in [1.54, 1.807) is 16.7 Å². The zero-order valence-electron chi connectivity index (χ0n) is 17.4. The largest absolute Gasteiger partial charge is 0.372 e. The van der Waals surface area contributed by atoms with Crippen molar-refractivity contribution in [1.29, 1.82) is 0 Å². The summed E-state index contributed by atoms with van der Waals surface area (Å²) in [4.78, 5) is 0. The number of ether oxygens (including phenoxy) is 1. The van der Waals surface area contributed by atoms with Crippen LogP contribution in [0, 0.1) is 0 Å². The lowest BCUT2D eigenvalue weighted by atomic mass is 9.85. The van der Waals surface area contributed by atoms with Gasteiger partial charge in [-0.2, -0.15) is 0 Å². The molecule has 0 radical (unpaired) electrons. The van der Waals surface area contributed by atoms with Crippen LogP contribution in [0.1, 0.15) is 93.2 Å². The highest BCUT2D eigenvalue weighted by molar-refractivity contribution is 5.44. The minimum Gasteiger partial charge on any atom is -0.372 e. The molecule has 26 heavy (non-hydrogen) atoms. The van der Waals surface area contributed by atoms with Crippen molar-refractivity contribution in [3.05, 3.63) is 69.8 Å². The van der Waals surface area contributed by atoms with Crippen LogP contribution in [0.15, 0.2) is 36.4 Å². The van der Waals surface area contributed by atoms with E-state index in [1.807, 2.05) is 0 Å². The third-order valence-electron chi connectivity index (χ3n) is 6.00. The van der Waals surface area contributed by atoms with Crippen molar-refractivity contribution in [2.24, 2.45) is 0 Å². The summed E-state index contributed by atoms with van der Waals surface area (Å²) in [6.07, 6.45) is 2.59. The molecule has 2 aromatic rings. The van der Waals surface area contributed by atoms with Gasteiger partial charge in [-0.25, -0.2) is 0 Å². The minimum absolute atomic E-state index is 0.403. The van der Waals surface area contributed by atoms with E-state index in [0.717, 1.165) is 13.2 Å². The van der Waals surface area contributed by atoms with Crippen molar-refractivity contribution in [3.8, 4) is 0 Å². The zero-order valence-corrected chi connectivity index (χ0v) is 17.4. The Morgan fingerprint density at radius 3 is 2.08 bits per heavy atom. The van der Waals surface area contributed by atoms with Crippen LogP contribution in [-0.2, 0) is 29.8 Å². The first kappa shape index (κ1) is 19.2. The molecule has 0 saturated carbocycles. The van der Waals surface area contributed by atoms with Crippen LogP contribution >= 0.6 is 0 Å². The van der Waals surface area contributed by atoms with Gasteiger partial charge in [-0.1, -0.05) is 77.9 Å². The lowest BCUT2D eigenvalue weighted by Crippen LogP contribution is -2.11. The van der Waals surface area contributed by atoms with Gasteiger partial charge in [0.05, 0.1) is 13.2 Å². The van der Waals surface area contributed by atoms with E-state index in [-0.39, 0.29) is 0 Å². The molecule has 0 N–H and O–H groups in total. The molecule has 4 rings (SSSR count). The molecule has 1 aliphatic carbocycles. The Hall–Kier alpha value is -1.60. The van der Waals surface area contributed by atoms with E-state index in [2.05, 4.69) is 77.9 Å². The van der Waals surface area contributed by atoms with E-state index in [0.29, 0.717) is 17.3 Å². The highest BCUT2D eigenvalue weighted by Gasteiger charge is 2.31. The number of rotatable bonds is 2. The van der Waals surface area contributed by atoms with Crippen LogP contribution in [-0.4, -0.2) is 0 Å². The molecule has 0 unspecified atom stereocenters. The van der Waals surface area contributed by atoms with E-state index < -0.39 is 0 Å². The van der Waals surface area contributed by atoms with Gasteiger partial charge >= 0.3 is 0 Å². The summed E-state index contributed by atoms with van der Waals surface area (Å²) in [6, 6.07) is 13.3. The van der Waals surface area contributed by atoms with Crippen LogP contribution in [0.5, 0.6) is 0 Å². The summed E-state index contributed by atoms with van der Waals surface area (Å²) in [6.45, 7) is 15.4. The van der Waals surface area contributed by atoms with Gasteiger partial charge in [0.15, 0.2) is 0 Å². The van der Waals surface area contributed by atoms with Crippen LogP contribution in [0.2, 0.25) is 0 Å². The highest BCUT2D eigenvalue weighted by atomic mass is 16.5. The number of hydrogen-bond acceptors (Lipinski definition) is 1. The average Bonchev–Trinajstić information content (AvgIpc) is 3.19. The average molecular weight is 351 g/mol. The molecule has 0 amide bonds. The second-order valence-electron chi connectivity index (χ2n) is 9.04. The smallest absolute Gasteiger partial charge is 0.0727 e. The van der Waals surface area contributed by atoms with E-state index in [9.17, 15) is 0 Å². The number of fused-ring (bicyclic) bond motifs is 2. The molecule has 1 aliphatic heterocycles. The highest BCUT2D eigenvalue weighted by Crippen LogP contribution is 2.41. The third kappa shape index (κ3) is 3.74. The predicted octanol–water partition coefficient (Wildman–Crippen LogP) is 6.87. The van der Waals surface area contributed by atoms with Gasteiger partial charge in [0.1, 0.15) is 0 Å². The van der Waals surface area contributed by atoms with E-state index in [4.69, 9.17) is 4.74 Å². The van der Waals surface area contributed by atoms with Gasteiger partial charge in [-0.3, -0.25) is 0 Å². The quantitative estimate of drug-likeness (QED) is 0.574. The second-order valence-corrected chi connectivity index (χ2v) is 9.04. The van der Waals surface area contributed by atoms with Crippen LogP contribution in [0.3, 0.4) is 0 Å². The molecule has 0 fully saturated rings. The second kappa shape index (κ2) is 7.56. The standard InChI is InChI=1S/C14H20.C11H14O/c1-10(2)11-6-5-7-13-12(11)8-9-14(13,3)4;1-8(2)10-5-3-4-9-6-12-7-11(9)10/h5-7,10H,8-9H2,1-4H3;3-5,8H,6-7H2,1-2H3. The molecule has 2 aromatic carbocycles. The fourth-order valence-electron chi connectivity index (χ4n) is 4.40. The molecule has 140 valence electrons. The SMILES string of the molecule is CC(C)c1cccc2c1CCC2(C)C.CC(C)c1cccc2c1COC2. The van der Waals surface area contributed by atoms with Crippen molar-refractivity contribution in [1.82, 2.24) is 0 Å². The van der Waals surface area contributed by atoms with Gasteiger partial charge in [0, 0.05) is 0 Å². The van der Waals surface area contributed by atoms with Crippen LogP contribution < -0.4 is 0 Å². The van der Waals surface area contributed by atoms with E-state index >= 15 is 0 Å². The van der Waals surface area contributed by atoms with Gasteiger partial charge < -0.3 is 4.74 Å². The fraction of sp³-hybridized carbons (Fsp3) is 0.520. The van der Waals surface area contributed by atoms with Gasteiger partial charge in [-0.15, -0.1) is 0 Å². The van der Waals surface area contributed by atoms with Gasteiger partial charge in [-0.05, 0) is 63.5 Å².